The molecule has 0 spiro atoms. The number of methoxy groups -OCH3 is 1. The molecule has 2 aromatic heterocycles. The van der Waals surface area contributed by atoms with Crippen molar-refractivity contribution in [1.82, 2.24) is 9.47 Å². The topological polar surface area (TPSA) is 80.3 Å². The number of carbonyl (C=O) groups excluding carboxylic acids is 1. The highest BCUT2D eigenvalue weighted by molar-refractivity contribution is 7.07. The minimum absolute atomic E-state index is 0.125. The Bertz CT molecular complexity index is 1550. The minimum atomic E-state index is -0.656. The maximum Gasteiger partial charge on any atom is 0.271 e. The van der Waals surface area contributed by atoms with Crippen LogP contribution in [0.5, 0.6) is 5.75 Å². The fourth-order valence-corrected chi connectivity index (χ4v) is 6.50. The molecule has 0 unspecified atom stereocenters. The highest BCUT2D eigenvalue weighted by atomic mass is 32.1. The molecule has 2 aliphatic rings. The van der Waals surface area contributed by atoms with Crippen molar-refractivity contribution in [2.75, 3.05) is 38.2 Å². The van der Waals surface area contributed by atoms with Gasteiger partial charge in [0.25, 0.3) is 11.5 Å². The summed E-state index contributed by atoms with van der Waals surface area (Å²) in [5, 5.41) is 0. The van der Waals surface area contributed by atoms with Gasteiger partial charge in [-0.05, 0) is 45.7 Å². The lowest BCUT2D eigenvalue weighted by Crippen LogP contribution is -2.43. The number of hydrogen-bond donors (Lipinski definition) is 0. The summed E-state index contributed by atoms with van der Waals surface area (Å²) in [5.41, 5.74) is 1.64. The number of carbonyl (C=O) groups is 1. The Morgan fingerprint density at radius 1 is 1.13 bits per heavy atom. The summed E-state index contributed by atoms with van der Waals surface area (Å²) >= 11 is 1.31. The lowest BCUT2D eigenvalue weighted by molar-refractivity contribution is -0.127. The third-order valence-electron chi connectivity index (χ3n) is 7.54. The van der Waals surface area contributed by atoms with Crippen LogP contribution in [0.15, 0.2) is 61.9 Å². The number of rotatable bonds is 7. The van der Waals surface area contributed by atoms with Crippen molar-refractivity contribution in [2.24, 2.45) is 4.99 Å². The zero-order chi connectivity index (χ0) is 27.5. The van der Waals surface area contributed by atoms with Gasteiger partial charge in [0.1, 0.15) is 17.6 Å². The summed E-state index contributed by atoms with van der Waals surface area (Å²) in [4.78, 5) is 37.1. The van der Waals surface area contributed by atoms with Gasteiger partial charge >= 0.3 is 0 Å². The van der Waals surface area contributed by atoms with Gasteiger partial charge in [0.05, 0.1) is 22.9 Å². The van der Waals surface area contributed by atoms with Crippen LogP contribution in [0.2, 0.25) is 0 Å². The van der Waals surface area contributed by atoms with Crippen LogP contribution in [0.4, 0.5) is 5.88 Å². The van der Waals surface area contributed by atoms with Crippen LogP contribution in [0.3, 0.4) is 0 Å². The van der Waals surface area contributed by atoms with Crippen molar-refractivity contribution in [3.8, 4) is 5.75 Å². The number of anilines is 1. The van der Waals surface area contributed by atoms with Gasteiger partial charge in [-0.25, -0.2) is 4.99 Å². The van der Waals surface area contributed by atoms with Crippen LogP contribution in [-0.4, -0.2) is 48.7 Å². The lowest BCUT2D eigenvalue weighted by Gasteiger charge is -2.29. The average molecular weight is 549 g/mol. The number of likely N-dealkylation sites (N-methyl/N-ethyl adjacent to an activating group) is 1. The van der Waals surface area contributed by atoms with E-state index in [1.807, 2.05) is 57.2 Å². The molecule has 0 radical (unpaired) electrons. The summed E-state index contributed by atoms with van der Waals surface area (Å²) in [5.74, 6) is 1.96. The summed E-state index contributed by atoms with van der Waals surface area (Å²) < 4.78 is 14.0. The number of nitrogens with zero attached hydrogens (tertiary/aromatic N) is 4. The predicted octanol–water partition coefficient (Wildman–Crippen LogP) is 4.09. The Kier molecular flexibility index (Phi) is 8.07. The quantitative estimate of drug-likeness (QED) is 0.445. The fraction of sp³-hybridized carbons (Fsp3) is 0.433. The molecule has 0 aliphatic carbocycles. The average Bonchev–Trinajstić information content (AvgIpc) is 3.41. The number of ether oxygens (including phenoxy) is 1. The molecule has 1 saturated heterocycles. The van der Waals surface area contributed by atoms with E-state index in [1.165, 1.54) is 24.2 Å². The van der Waals surface area contributed by atoms with E-state index in [1.54, 1.807) is 22.7 Å². The molecule has 5 rings (SSSR count). The van der Waals surface area contributed by atoms with Crippen LogP contribution in [0.25, 0.3) is 6.08 Å². The van der Waals surface area contributed by atoms with Crippen LogP contribution < -0.4 is 24.5 Å². The van der Waals surface area contributed by atoms with Gasteiger partial charge in [-0.2, -0.15) is 0 Å². The van der Waals surface area contributed by atoms with E-state index in [2.05, 4.69) is 4.90 Å². The summed E-state index contributed by atoms with van der Waals surface area (Å²) in [6, 6.07) is 10.8. The highest BCUT2D eigenvalue weighted by Crippen LogP contribution is 2.36. The van der Waals surface area contributed by atoms with Gasteiger partial charge in [0.2, 0.25) is 0 Å². The number of benzene rings is 1. The largest absolute Gasteiger partial charge is 0.496 e. The predicted molar refractivity (Wildman–Crippen MR) is 154 cm³/mol. The van der Waals surface area contributed by atoms with E-state index in [0.717, 1.165) is 37.4 Å². The number of furan rings is 1. The Hall–Kier alpha value is -3.59. The van der Waals surface area contributed by atoms with E-state index in [-0.39, 0.29) is 11.5 Å². The zero-order valence-electron chi connectivity index (χ0n) is 23.1. The Morgan fingerprint density at radius 3 is 2.54 bits per heavy atom. The maximum atomic E-state index is 14.0. The van der Waals surface area contributed by atoms with Gasteiger partial charge in [0.15, 0.2) is 10.7 Å². The normalized spacial score (nSPS) is 18.0. The number of allylic oxidation sites excluding steroid dienone is 1. The van der Waals surface area contributed by atoms with Gasteiger partial charge in [-0.3, -0.25) is 14.2 Å². The molecule has 9 heteroatoms. The van der Waals surface area contributed by atoms with Crippen LogP contribution in [0, 0.1) is 0 Å². The molecule has 3 aromatic rings. The molecule has 206 valence electrons. The molecule has 1 amide bonds. The first-order chi connectivity index (χ1) is 19.0. The van der Waals surface area contributed by atoms with Crippen molar-refractivity contribution in [3.63, 3.8) is 0 Å². The first kappa shape index (κ1) is 27.0. The fourth-order valence-electron chi connectivity index (χ4n) is 5.47. The summed E-state index contributed by atoms with van der Waals surface area (Å²) in [6.45, 7) is 8.84. The lowest BCUT2D eigenvalue weighted by atomic mass is 9.94. The van der Waals surface area contributed by atoms with E-state index in [4.69, 9.17) is 14.1 Å². The van der Waals surface area contributed by atoms with Crippen molar-refractivity contribution in [2.45, 2.75) is 52.5 Å². The minimum Gasteiger partial charge on any atom is -0.496 e. The van der Waals surface area contributed by atoms with Gasteiger partial charge < -0.3 is 19.0 Å². The molecule has 1 atom stereocenters. The molecule has 39 heavy (non-hydrogen) atoms. The second-order valence-electron chi connectivity index (χ2n) is 9.88. The molecule has 4 heterocycles. The molecule has 8 nitrogen and oxygen atoms in total. The molecule has 2 aliphatic heterocycles. The number of hydrogen-bond acceptors (Lipinski definition) is 7. The highest BCUT2D eigenvalue weighted by Gasteiger charge is 2.35. The van der Waals surface area contributed by atoms with Gasteiger partial charge in [-0.15, -0.1) is 0 Å². The number of amides is 1. The van der Waals surface area contributed by atoms with Crippen LogP contribution in [-0.2, 0) is 4.79 Å². The molecular formula is C30H36N4O4S. The number of para-hydroxylation sites is 1. The molecule has 1 aromatic carbocycles. The molecule has 1 fully saturated rings. The van der Waals surface area contributed by atoms with E-state index in [9.17, 15) is 9.59 Å². The van der Waals surface area contributed by atoms with Crippen molar-refractivity contribution >= 4 is 29.2 Å². The van der Waals surface area contributed by atoms with E-state index in [0.29, 0.717) is 45.2 Å². The maximum absolute atomic E-state index is 14.0. The molecule has 0 N–H and O–H groups in total. The van der Waals surface area contributed by atoms with Gasteiger partial charge in [0, 0.05) is 43.9 Å². The Labute approximate surface area is 232 Å². The SMILES string of the molecule is CCN(CC)C(=O)C1=C(C)N=c2s/c(=C/c3ccc(N4CCCCCC4)o3)c(=O)n2[C@@H]1c1ccccc1OC. The van der Waals surface area contributed by atoms with Crippen molar-refractivity contribution < 1.29 is 13.9 Å². The van der Waals surface area contributed by atoms with Crippen molar-refractivity contribution in [1.29, 1.82) is 0 Å². The second-order valence-corrected chi connectivity index (χ2v) is 10.9. The Balaban J connectivity index is 1.63. The Morgan fingerprint density at radius 2 is 1.85 bits per heavy atom. The third-order valence-corrected chi connectivity index (χ3v) is 8.52. The standard InChI is InChI=1S/C30H36N4O4S/c1-5-32(6-2)29(36)26-20(3)31-30-34(27(26)22-13-9-10-14-23(22)37-4)28(35)24(39-30)19-21-15-16-25(38-21)33-17-11-7-8-12-18-33/h9-10,13-16,19,27H,5-8,11-12,17-18H2,1-4H3/b24-19+/t27-/m1/s1. The zero-order valence-corrected chi connectivity index (χ0v) is 23.9. The number of aromatic nitrogens is 1. The molecule has 0 bridgehead atoms. The molecule has 0 saturated carbocycles. The first-order valence-corrected chi connectivity index (χ1v) is 14.6. The number of thiazole rings is 1. The van der Waals surface area contributed by atoms with Gasteiger partial charge in [-0.1, -0.05) is 42.4 Å². The number of fused-ring (bicyclic) bond motifs is 1. The molecular weight excluding hydrogens is 512 g/mol. The van der Waals surface area contributed by atoms with E-state index < -0.39 is 6.04 Å². The van der Waals surface area contributed by atoms with Crippen LogP contribution in [0.1, 0.15) is 63.8 Å². The smallest absolute Gasteiger partial charge is 0.271 e. The van der Waals surface area contributed by atoms with E-state index >= 15 is 0 Å². The van der Waals surface area contributed by atoms with Crippen LogP contribution >= 0.6 is 11.3 Å². The monoisotopic (exact) mass is 548 g/mol. The third kappa shape index (κ3) is 5.20. The second kappa shape index (κ2) is 11.7. The summed E-state index contributed by atoms with van der Waals surface area (Å²) in [6.07, 6.45) is 6.60. The first-order valence-electron chi connectivity index (χ1n) is 13.8. The van der Waals surface area contributed by atoms with Crippen molar-refractivity contribution in [3.05, 3.63) is 78.7 Å². The summed E-state index contributed by atoms with van der Waals surface area (Å²) in [7, 11) is 1.60.